The molecule has 0 saturated carbocycles. The molecule has 0 unspecified atom stereocenters. The fraction of sp³-hybridized carbons (Fsp3) is 0.500. The van der Waals surface area contributed by atoms with Crippen LogP contribution in [0.5, 0.6) is 0 Å². The van der Waals surface area contributed by atoms with Gasteiger partial charge in [-0.15, -0.1) is 0 Å². The molecule has 20 heavy (non-hydrogen) atoms. The van der Waals surface area contributed by atoms with Gasteiger partial charge in [-0.25, -0.2) is 17.5 Å². The van der Waals surface area contributed by atoms with Crippen molar-refractivity contribution in [3.63, 3.8) is 0 Å². The topological polar surface area (TPSA) is 84.7 Å². The summed E-state index contributed by atoms with van der Waals surface area (Å²) in [5.41, 5.74) is 5.55. The first-order valence-corrected chi connectivity index (χ1v) is 7.58. The summed E-state index contributed by atoms with van der Waals surface area (Å²) in [5, 5.41) is 0. The first-order chi connectivity index (χ1) is 9.33. The normalized spacial score (nSPS) is 12.0. The SMILES string of the molecule is CN(C)CCOCCNS(=O)(=O)c1cc(F)ccc1N. The maximum absolute atomic E-state index is 13.1. The molecule has 1 aromatic rings. The van der Waals surface area contributed by atoms with Crippen molar-refractivity contribution in [2.75, 3.05) is 46.1 Å². The van der Waals surface area contributed by atoms with Crippen LogP contribution in [-0.2, 0) is 14.8 Å². The van der Waals surface area contributed by atoms with Crippen molar-refractivity contribution in [3.05, 3.63) is 24.0 Å². The molecule has 0 bridgehead atoms. The van der Waals surface area contributed by atoms with Crippen molar-refractivity contribution < 1.29 is 17.5 Å². The van der Waals surface area contributed by atoms with Gasteiger partial charge in [0.1, 0.15) is 10.7 Å². The highest BCUT2D eigenvalue weighted by Crippen LogP contribution is 2.18. The highest BCUT2D eigenvalue weighted by atomic mass is 32.2. The summed E-state index contributed by atoms with van der Waals surface area (Å²) in [6.07, 6.45) is 0. The van der Waals surface area contributed by atoms with E-state index in [1.807, 2.05) is 19.0 Å². The van der Waals surface area contributed by atoms with Crippen LogP contribution in [0.3, 0.4) is 0 Å². The predicted molar refractivity (Wildman–Crippen MR) is 75.4 cm³/mol. The molecule has 0 fully saturated rings. The van der Waals surface area contributed by atoms with Gasteiger partial charge in [-0.2, -0.15) is 0 Å². The second-order valence-electron chi connectivity index (χ2n) is 4.50. The Morgan fingerprint density at radius 2 is 2.05 bits per heavy atom. The van der Waals surface area contributed by atoms with Gasteiger partial charge in [-0.1, -0.05) is 0 Å². The third kappa shape index (κ3) is 5.41. The molecule has 3 N–H and O–H groups in total. The average Bonchev–Trinajstić information content (AvgIpc) is 2.36. The van der Waals surface area contributed by atoms with Crippen LogP contribution in [0.4, 0.5) is 10.1 Å². The molecule has 0 spiro atoms. The number of sulfonamides is 1. The molecule has 0 aliphatic rings. The number of hydrogen-bond acceptors (Lipinski definition) is 5. The van der Waals surface area contributed by atoms with E-state index in [2.05, 4.69) is 4.72 Å². The molecule has 8 heteroatoms. The number of hydrogen-bond donors (Lipinski definition) is 2. The summed E-state index contributed by atoms with van der Waals surface area (Å²) in [6, 6.07) is 3.22. The summed E-state index contributed by atoms with van der Waals surface area (Å²) in [5.74, 6) is -0.651. The van der Waals surface area contributed by atoms with Gasteiger partial charge in [-0.05, 0) is 32.3 Å². The largest absolute Gasteiger partial charge is 0.398 e. The fourth-order valence-corrected chi connectivity index (χ4v) is 2.57. The van der Waals surface area contributed by atoms with E-state index < -0.39 is 15.8 Å². The van der Waals surface area contributed by atoms with Crippen LogP contribution in [0.25, 0.3) is 0 Å². The number of likely N-dealkylation sites (N-methyl/N-ethyl adjacent to an activating group) is 1. The lowest BCUT2D eigenvalue weighted by Crippen LogP contribution is -2.29. The van der Waals surface area contributed by atoms with Gasteiger partial charge in [0.05, 0.1) is 18.9 Å². The third-order valence-electron chi connectivity index (χ3n) is 2.49. The van der Waals surface area contributed by atoms with Gasteiger partial charge in [0, 0.05) is 13.1 Å². The summed E-state index contributed by atoms with van der Waals surface area (Å²) >= 11 is 0. The molecule has 0 aliphatic carbocycles. The van der Waals surface area contributed by atoms with Gasteiger partial charge in [0.15, 0.2) is 0 Å². The van der Waals surface area contributed by atoms with Crippen molar-refractivity contribution in [1.29, 1.82) is 0 Å². The van der Waals surface area contributed by atoms with E-state index in [-0.39, 0.29) is 23.7 Å². The zero-order valence-corrected chi connectivity index (χ0v) is 12.4. The summed E-state index contributed by atoms with van der Waals surface area (Å²) in [7, 11) is 0.00856. The maximum atomic E-state index is 13.1. The van der Waals surface area contributed by atoms with Gasteiger partial charge < -0.3 is 15.4 Å². The standard InChI is InChI=1S/C12H20FN3O3S/c1-16(2)6-8-19-7-5-15-20(17,18)12-9-10(13)3-4-11(12)14/h3-4,9,15H,5-8,14H2,1-2H3. The Kier molecular flexibility index (Phi) is 6.34. The smallest absolute Gasteiger partial charge is 0.242 e. The molecule has 0 heterocycles. The average molecular weight is 305 g/mol. The van der Waals surface area contributed by atoms with E-state index in [4.69, 9.17) is 10.5 Å². The highest BCUT2D eigenvalue weighted by Gasteiger charge is 2.17. The first kappa shape index (κ1) is 16.8. The van der Waals surface area contributed by atoms with Crippen molar-refractivity contribution in [2.45, 2.75) is 4.90 Å². The minimum absolute atomic E-state index is 0.00688. The molecule has 1 aromatic carbocycles. The van der Waals surface area contributed by atoms with E-state index in [9.17, 15) is 12.8 Å². The number of rotatable bonds is 8. The van der Waals surface area contributed by atoms with Crippen molar-refractivity contribution in [2.24, 2.45) is 0 Å². The molecule has 6 nitrogen and oxygen atoms in total. The number of anilines is 1. The molecular weight excluding hydrogens is 285 g/mol. The Bertz CT molecular complexity index is 535. The number of nitrogens with two attached hydrogens (primary N) is 1. The van der Waals surface area contributed by atoms with Crippen LogP contribution in [0.2, 0.25) is 0 Å². The highest BCUT2D eigenvalue weighted by molar-refractivity contribution is 7.89. The van der Waals surface area contributed by atoms with Crippen molar-refractivity contribution >= 4 is 15.7 Å². The van der Waals surface area contributed by atoms with Crippen LogP contribution in [0.1, 0.15) is 0 Å². The molecule has 0 atom stereocenters. The Morgan fingerprint density at radius 1 is 1.35 bits per heavy atom. The second-order valence-corrected chi connectivity index (χ2v) is 6.23. The zero-order valence-electron chi connectivity index (χ0n) is 11.6. The van der Waals surface area contributed by atoms with E-state index in [1.165, 1.54) is 6.07 Å². The Balaban J connectivity index is 2.48. The minimum Gasteiger partial charge on any atom is -0.398 e. The van der Waals surface area contributed by atoms with Gasteiger partial charge in [-0.3, -0.25) is 0 Å². The lowest BCUT2D eigenvalue weighted by atomic mass is 10.3. The third-order valence-corrected chi connectivity index (χ3v) is 4.00. The predicted octanol–water partition coefficient (Wildman–Crippen LogP) is 0.264. The Labute approximate surface area is 118 Å². The number of nitrogens with zero attached hydrogens (tertiary/aromatic N) is 1. The van der Waals surface area contributed by atoms with E-state index in [0.717, 1.165) is 18.7 Å². The molecule has 0 aromatic heterocycles. The number of nitrogens with one attached hydrogen (secondary N) is 1. The summed E-state index contributed by atoms with van der Waals surface area (Å²) in [6.45, 7) is 1.61. The minimum atomic E-state index is -3.82. The monoisotopic (exact) mass is 305 g/mol. The van der Waals surface area contributed by atoms with Crippen LogP contribution in [-0.4, -0.2) is 53.7 Å². The quantitative estimate of drug-likeness (QED) is 0.532. The number of benzene rings is 1. The molecule has 0 radical (unpaired) electrons. The molecule has 0 aliphatic heterocycles. The van der Waals surface area contributed by atoms with Gasteiger partial charge in [0.25, 0.3) is 0 Å². The van der Waals surface area contributed by atoms with Crippen LogP contribution < -0.4 is 10.5 Å². The Hall–Kier alpha value is -1.22. The number of nitrogen functional groups attached to an aromatic ring is 1. The molecule has 114 valence electrons. The summed E-state index contributed by atoms with van der Waals surface area (Å²) < 4.78 is 44.5. The van der Waals surface area contributed by atoms with E-state index >= 15 is 0 Å². The number of ether oxygens (including phenoxy) is 1. The lowest BCUT2D eigenvalue weighted by molar-refractivity contribution is 0.122. The van der Waals surface area contributed by atoms with E-state index in [0.29, 0.717) is 6.61 Å². The molecule has 1 rings (SSSR count). The fourth-order valence-electron chi connectivity index (χ4n) is 1.42. The zero-order chi connectivity index (χ0) is 15.2. The molecule has 0 saturated heterocycles. The Morgan fingerprint density at radius 3 is 2.70 bits per heavy atom. The molecule has 0 amide bonds. The second kappa shape index (κ2) is 7.53. The lowest BCUT2D eigenvalue weighted by Gasteiger charge is -2.11. The van der Waals surface area contributed by atoms with Crippen LogP contribution in [0, 0.1) is 5.82 Å². The maximum Gasteiger partial charge on any atom is 0.242 e. The van der Waals surface area contributed by atoms with Gasteiger partial charge in [0.2, 0.25) is 10.0 Å². The van der Waals surface area contributed by atoms with Gasteiger partial charge >= 0.3 is 0 Å². The van der Waals surface area contributed by atoms with Crippen molar-refractivity contribution in [3.8, 4) is 0 Å². The first-order valence-electron chi connectivity index (χ1n) is 6.10. The van der Waals surface area contributed by atoms with E-state index in [1.54, 1.807) is 0 Å². The van der Waals surface area contributed by atoms with Crippen LogP contribution >= 0.6 is 0 Å². The summed E-state index contributed by atoms with van der Waals surface area (Å²) in [4.78, 5) is 1.70. The van der Waals surface area contributed by atoms with Crippen molar-refractivity contribution in [1.82, 2.24) is 9.62 Å². The molecular formula is C12H20FN3O3S. The number of halogens is 1. The van der Waals surface area contributed by atoms with Crippen LogP contribution in [0.15, 0.2) is 23.1 Å².